The number of aromatic nitrogens is 2. The van der Waals surface area contributed by atoms with Crippen LogP contribution in [0.1, 0.15) is 55.9 Å². The number of benzene rings is 3. The van der Waals surface area contributed by atoms with E-state index in [4.69, 9.17) is 5.73 Å². The summed E-state index contributed by atoms with van der Waals surface area (Å²) in [5, 5.41) is 9.99. The van der Waals surface area contributed by atoms with E-state index in [-0.39, 0.29) is 52.0 Å². The van der Waals surface area contributed by atoms with Crippen LogP contribution in [0, 0.1) is 18.7 Å². The summed E-state index contributed by atoms with van der Waals surface area (Å²) < 4.78 is 43.9. The van der Waals surface area contributed by atoms with Crippen molar-refractivity contribution in [3.05, 3.63) is 93.3 Å². The van der Waals surface area contributed by atoms with Gasteiger partial charge in [-0.15, -0.1) is 0 Å². The Hall–Kier alpha value is -6.03. The number of hydrazine groups is 1. The van der Waals surface area contributed by atoms with E-state index in [0.717, 1.165) is 35.5 Å². The van der Waals surface area contributed by atoms with Crippen LogP contribution in [0.25, 0.3) is 0 Å². The third-order valence-electron chi connectivity index (χ3n) is 11.3. The molecule has 8 rings (SSSR count). The number of piperazine rings is 1. The number of carbonyl (C=O) groups is 5. The molecule has 5 N–H and O–H groups in total. The number of piperidine rings is 1. The second-order valence-electron chi connectivity index (χ2n) is 15.1. The summed E-state index contributed by atoms with van der Waals surface area (Å²) in [5.41, 5.74) is 7.50. The van der Waals surface area contributed by atoms with E-state index in [1.54, 1.807) is 31.2 Å². The molecule has 3 fully saturated rings. The first-order chi connectivity index (χ1) is 29.2. The molecule has 4 aliphatic rings. The standard InChI is InChI=1S/C40H41BrFN11O7S/c1-23-20-25(8-9-29(23)46-39-44-21-27(41)36(48-39)45-30-6-3-5-28(42)34(30)35(43)55)61(59,60)51-18-16-49(17-19-51)22-24-10-13-50(14-11-24)31-7-2-4-26-33(31)38(57)53(37(26)56)52-15-12-32(54)47-40(52)58/h2-9,20-21,24H,10-19,22H2,1H3,(H2,43,55)(H,47,54,58)(H2,44,45,46,48). The highest BCUT2D eigenvalue weighted by Crippen LogP contribution is 2.36. The molecular weight excluding hydrogens is 877 g/mol. The summed E-state index contributed by atoms with van der Waals surface area (Å²) in [7, 11) is -3.80. The number of anilines is 5. The Morgan fingerprint density at radius 3 is 2.38 bits per heavy atom. The number of urea groups is 1. The average molecular weight is 919 g/mol. The van der Waals surface area contributed by atoms with E-state index >= 15 is 0 Å². The van der Waals surface area contributed by atoms with Gasteiger partial charge in [0.25, 0.3) is 17.7 Å². The number of sulfonamides is 1. The number of nitrogens with zero attached hydrogens (tertiary/aromatic N) is 7. The molecule has 0 aliphatic carbocycles. The van der Waals surface area contributed by atoms with Gasteiger partial charge >= 0.3 is 6.03 Å². The molecule has 5 heterocycles. The number of hydrogen-bond acceptors (Lipinski definition) is 13. The highest BCUT2D eigenvalue weighted by atomic mass is 79.9. The molecule has 0 spiro atoms. The number of aryl methyl sites for hydroxylation is 1. The lowest BCUT2D eigenvalue weighted by Gasteiger charge is -2.39. The minimum Gasteiger partial charge on any atom is -0.371 e. The SMILES string of the molecule is Cc1cc(S(=O)(=O)N2CCN(CC3CCN(c4cccc5c4C(=O)N(N4CCC(=O)NC4=O)C5=O)CC3)CC2)ccc1Nc1ncc(Br)c(Nc2cccc(F)c2C(N)=O)n1. The van der Waals surface area contributed by atoms with Crippen LogP contribution >= 0.6 is 15.9 Å². The first kappa shape index (κ1) is 41.7. The molecule has 4 aliphatic heterocycles. The maximum absolute atomic E-state index is 14.3. The van der Waals surface area contributed by atoms with E-state index in [1.165, 1.54) is 28.7 Å². The molecule has 0 bridgehead atoms. The van der Waals surface area contributed by atoms with Gasteiger partial charge in [0, 0.05) is 64.1 Å². The van der Waals surface area contributed by atoms with Crippen LogP contribution in [0.4, 0.5) is 38.0 Å². The first-order valence-corrected chi connectivity index (χ1v) is 21.8. The Morgan fingerprint density at radius 2 is 1.67 bits per heavy atom. The van der Waals surface area contributed by atoms with Crippen molar-refractivity contribution in [2.45, 2.75) is 31.1 Å². The molecule has 3 aromatic carbocycles. The van der Waals surface area contributed by atoms with Crippen LogP contribution in [0.15, 0.2) is 70.2 Å². The predicted octanol–water partition coefficient (Wildman–Crippen LogP) is 3.95. The number of rotatable bonds is 11. The average Bonchev–Trinajstić information content (AvgIpc) is 3.48. The van der Waals surface area contributed by atoms with E-state index < -0.39 is 45.5 Å². The molecule has 3 saturated heterocycles. The number of amides is 6. The summed E-state index contributed by atoms with van der Waals surface area (Å²) in [6, 6.07) is 13.1. The fourth-order valence-corrected chi connectivity index (χ4v) is 9.88. The van der Waals surface area contributed by atoms with Gasteiger partial charge in [0.15, 0.2) is 0 Å². The van der Waals surface area contributed by atoms with Gasteiger partial charge in [0.1, 0.15) is 11.6 Å². The zero-order valence-corrected chi connectivity index (χ0v) is 35.3. The van der Waals surface area contributed by atoms with Crippen molar-refractivity contribution in [3.63, 3.8) is 0 Å². The Morgan fingerprint density at radius 1 is 0.934 bits per heavy atom. The van der Waals surface area contributed by atoms with Gasteiger partial charge < -0.3 is 26.2 Å². The van der Waals surface area contributed by atoms with Gasteiger partial charge in [-0.25, -0.2) is 27.6 Å². The van der Waals surface area contributed by atoms with Crippen LogP contribution in [-0.2, 0) is 14.8 Å². The maximum atomic E-state index is 14.3. The molecule has 318 valence electrons. The van der Waals surface area contributed by atoms with Crippen molar-refractivity contribution in [1.29, 1.82) is 0 Å². The lowest BCUT2D eigenvalue weighted by atomic mass is 9.94. The summed E-state index contributed by atoms with van der Waals surface area (Å²) in [5.74, 6) is -2.64. The van der Waals surface area contributed by atoms with Crippen molar-refractivity contribution >= 4 is 84.4 Å². The third kappa shape index (κ3) is 8.24. The first-order valence-electron chi connectivity index (χ1n) is 19.6. The summed E-state index contributed by atoms with van der Waals surface area (Å²) in [6.45, 7) is 5.60. The van der Waals surface area contributed by atoms with Gasteiger partial charge in [-0.3, -0.25) is 24.5 Å². The fourth-order valence-electron chi connectivity index (χ4n) is 8.09. The minimum absolute atomic E-state index is 0.0191. The Labute approximate surface area is 358 Å². The number of nitrogens with two attached hydrogens (primary N) is 1. The number of imide groups is 2. The summed E-state index contributed by atoms with van der Waals surface area (Å²) >= 11 is 3.36. The molecule has 0 atom stereocenters. The molecular formula is C40H41BrFN11O7S. The normalized spacial score (nSPS) is 18.0. The molecule has 1 aromatic heterocycles. The lowest BCUT2D eigenvalue weighted by molar-refractivity contribution is -0.122. The Bertz CT molecular complexity index is 2580. The van der Waals surface area contributed by atoms with Crippen LogP contribution < -0.4 is 26.6 Å². The molecule has 18 nitrogen and oxygen atoms in total. The zero-order chi connectivity index (χ0) is 43.2. The van der Waals surface area contributed by atoms with Crippen molar-refractivity contribution in [2.75, 3.05) is 67.9 Å². The highest BCUT2D eigenvalue weighted by molar-refractivity contribution is 9.10. The largest absolute Gasteiger partial charge is 0.371 e. The van der Waals surface area contributed by atoms with Gasteiger partial charge in [-0.2, -0.15) is 14.3 Å². The monoisotopic (exact) mass is 917 g/mol. The van der Waals surface area contributed by atoms with Crippen LogP contribution in [0.2, 0.25) is 0 Å². The lowest BCUT2D eigenvalue weighted by Crippen LogP contribution is -2.58. The fraction of sp³-hybridized carbons (Fsp3) is 0.325. The zero-order valence-electron chi connectivity index (χ0n) is 32.9. The number of primary amides is 1. The molecule has 6 amide bonds. The number of hydrogen-bond donors (Lipinski definition) is 4. The second-order valence-corrected chi connectivity index (χ2v) is 17.9. The number of halogens is 2. The second kappa shape index (κ2) is 16.8. The Kier molecular flexibility index (Phi) is 11.5. The number of carbonyl (C=O) groups excluding carboxylic acids is 5. The molecule has 0 radical (unpaired) electrons. The van der Waals surface area contributed by atoms with Gasteiger partial charge in [0.05, 0.1) is 44.0 Å². The van der Waals surface area contributed by atoms with Crippen molar-refractivity contribution in [1.82, 2.24) is 34.5 Å². The van der Waals surface area contributed by atoms with Crippen LogP contribution in [-0.4, -0.2) is 120 Å². The van der Waals surface area contributed by atoms with E-state index in [0.29, 0.717) is 66.6 Å². The van der Waals surface area contributed by atoms with E-state index in [2.05, 4.69) is 51.6 Å². The Balaban J connectivity index is 0.846. The maximum Gasteiger partial charge on any atom is 0.343 e. The predicted molar refractivity (Wildman–Crippen MR) is 224 cm³/mol. The van der Waals surface area contributed by atoms with Gasteiger partial charge in [-0.1, -0.05) is 12.1 Å². The molecule has 0 saturated carbocycles. The summed E-state index contributed by atoms with van der Waals surface area (Å²) in [4.78, 5) is 76.2. The van der Waals surface area contributed by atoms with Crippen molar-refractivity contribution in [3.8, 4) is 0 Å². The smallest absolute Gasteiger partial charge is 0.343 e. The van der Waals surface area contributed by atoms with Crippen molar-refractivity contribution in [2.24, 2.45) is 11.7 Å². The van der Waals surface area contributed by atoms with Gasteiger partial charge in [-0.05, 0) is 89.6 Å². The summed E-state index contributed by atoms with van der Waals surface area (Å²) in [6.07, 6.45) is 3.11. The minimum atomic E-state index is -3.80. The van der Waals surface area contributed by atoms with Crippen LogP contribution in [0.3, 0.4) is 0 Å². The quantitative estimate of drug-likeness (QED) is 0.157. The number of fused-ring (bicyclic) bond motifs is 1. The highest BCUT2D eigenvalue weighted by Gasteiger charge is 2.45. The molecule has 0 unspecified atom stereocenters. The third-order valence-corrected chi connectivity index (χ3v) is 13.8. The number of nitrogens with one attached hydrogen (secondary N) is 3. The van der Waals surface area contributed by atoms with Crippen LogP contribution in [0.5, 0.6) is 0 Å². The topological polar surface area (TPSA) is 224 Å². The molecule has 21 heteroatoms. The molecule has 4 aromatic rings. The van der Waals surface area contributed by atoms with Gasteiger partial charge in [0.2, 0.25) is 21.9 Å². The van der Waals surface area contributed by atoms with E-state index in [1.807, 2.05) is 6.07 Å². The van der Waals surface area contributed by atoms with Crippen molar-refractivity contribution < 1.29 is 36.8 Å². The van der Waals surface area contributed by atoms with E-state index in [9.17, 15) is 36.8 Å². The molecule has 61 heavy (non-hydrogen) atoms.